The standard InChI is InChI=1S/C27H32N2O6S/c1-19-6-9-22(10-7-19)29(36(31,32)23-11-13-25(33-4)26(17-23)34-5)18-27(30)28-14-15-35-24-12-8-20(2)16-21(24)3/h6-13,16-17H,14-15,18H2,1-5H3,(H,28,30). The zero-order chi connectivity index (χ0) is 26.3. The first-order valence-corrected chi connectivity index (χ1v) is 12.9. The van der Waals surface area contributed by atoms with Gasteiger partial charge in [0.05, 0.1) is 31.3 Å². The van der Waals surface area contributed by atoms with E-state index in [9.17, 15) is 13.2 Å². The Labute approximate surface area is 212 Å². The van der Waals surface area contributed by atoms with E-state index in [4.69, 9.17) is 14.2 Å². The van der Waals surface area contributed by atoms with Crippen LogP contribution in [-0.4, -0.2) is 48.2 Å². The Balaban J connectivity index is 1.76. The van der Waals surface area contributed by atoms with Crippen LogP contribution in [0.1, 0.15) is 16.7 Å². The molecule has 1 amide bonds. The fraction of sp³-hybridized carbons (Fsp3) is 0.296. The SMILES string of the molecule is COc1ccc(S(=O)(=O)N(CC(=O)NCCOc2ccc(C)cc2C)c2ccc(C)cc2)cc1OC. The van der Waals surface area contributed by atoms with E-state index >= 15 is 0 Å². The van der Waals surface area contributed by atoms with Crippen LogP contribution in [0.3, 0.4) is 0 Å². The Bertz CT molecular complexity index is 1310. The lowest BCUT2D eigenvalue weighted by Crippen LogP contribution is -2.42. The van der Waals surface area contributed by atoms with Gasteiger partial charge in [0.25, 0.3) is 10.0 Å². The van der Waals surface area contributed by atoms with Crippen LogP contribution in [0, 0.1) is 20.8 Å². The monoisotopic (exact) mass is 512 g/mol. The molecule has 0 saturated heterocycles. The summed E-state index contributed by atoms with van der Waals surface area (Å²) in [4.78, 5) is 12.8. The third-order valence-electron chi connectivity index (χ3n) is 5.56. The Morgan fingerprint density at radius 1 is 0.833 bits per heavy atom. The molecule has 0 heterocycles. The number of sulfonamides is 1. The molecule has 8 nitrogen and oxygen atoms in total. The maximum absolute atomic E-state index is 13.6. The molecule has 0 fully saturated rings. The van der Waals surface area contributed by atoms with Crippen molar-refractivity contribution in [3.05, 3.63) is 77.4 Å². The van der Waals surface area contributed by atoms with Crippen LogP contribution in [0.4, 0.5) is 5.69 Å². The lowest BCUT2D eigenvalue weighted by molar-refractivity contribution is -0.119. The first-order chi connectivity index (χ1) is 17.1. The molecule has 0 saturated carbocycles. The molecule has 0 aliphatic heterocycles. The van der Waals surface area contributed by atoms with Gasteiger partial charge in [0, 0.05) is 6.07 Å². The molecule has 9 heteroatoms. The fourth-order valence-electron chi connectivity index (χ4n) is 3.63. The molecule has 3 aromatic carbocycles. The van der Waals surface area contributed by atoms with Crippen LogP contribution >= 0.6 is 0 Å². The van der Waals surface area contributed by atoms with E-state index in [1.165, 1.54) is 32.4 Å². The van der Waals surface area contributed by atoms with Gasteiger partial charge >= 0.3 is 0 Å². The predicted molar refractivity (Wildman–Crippen MR) is 140 cm³/mol. The zero-order valence-electron chi connectivity index (χ0n) is 21.2. The number of rotatable bonds is 11. The molecular weight excluding hydrogens is 480 g/mol. The quantitative estimate of drug-likeness (QED) is 0.390. The van der Waals surface area contributed by atoms with Crippen molar-refractivity contribution in [2.24, 2.45) is 0 Å². The smallest absolute Gasteiger partial charge is 0.264 e. The minimum atomic E-state index is -4.10. The third-order valence-corrected chi connectivity index (χ3v) is 7.33. The van der Waals surface area contributed by atoms with Gasteiger partial charge in [-0.25, -0.2) is 8.42 Å². The fourth-order valence-corrected chi connectivity index (χ4v) is 5.07. The number of carbonyl (C=O) groups is 1. The predicted octanol–water partition coefficient (Wildman–Crippen LogP) is 4.02. The van der Waals surface area contributed by atoms with Crippen LogP contribution < -0.4 is 23.8 Å². The Morgan fingerprint density at radius 2 is 1.47 bits per heavy atom. The molecule has 0 aliphatic rings. The summed E-state index contributed by atoms with van der Waals surface area (Å²) in [7, 11) is -1.20. The largest absolute Gasteiger partial charge is 0.493 e. The van der Waals surface area contributed by atoms with Crippen molar-refractivity contribution >= 4 is 21.6 Å². The van der Waals surface area contributed by atoms with Gasteiger partial charge in [-0.15, -0.1) is 0 Å². The number of anilines is 1. The normalized spacial score (nSPS) is 11.0. The van der Waals surface area contributed by atoms with Crippen LogP contribution in [-0.2, 0) is 14.8 Å². The average Bonchev–Trinajstić information content (AvgIpc) is 2.86. The molecule has 0 spiro atoms. The van der Waals surface area contributed by atoms with E-state index in [2.05, 4.69) is 5.32 Å². The molecule has 0 radical (unpaired) electrons. The van der Waals surface area contributed by atoms with Crippen molar-refractivity contribution in [3.63, 3.8) is 0 Å². The minimum absolute atomic E-state index is 0.0216. The summed E-state index contributed by atoms with van der Waals surface area (Å²) in [6, 6.07) is 17.1. The molecule has 3 aromatic rings. The van der Waals surface area contributed by atoms with Gasteiger partial charge < -0.3 is 19.5 Å². The summed E-state index contributed by atoms with van der Waals surface area (Å²) in [6.45, 7) is 5.95. The van der Waals surface area contributed by atoms with Crippen molar-refractivity contribution in [1.29, 1.82) is 0 Å². The summed E-state index contributed by atoms with van der Waals surface area (Å²) >= 11 is 0. The van der Waals surface area contributed by atoms with E-state index in [0.29, 0.717) is 11.4 Å². The van der Waals surface area contributed by atoms with Crippen molar-refractivity contribution in [2.45, 2.75) is 25.7 Å². The summed E-state index contributed by atoms with van der Waals surface area (Å²) in [5.41, 5.74) is 3.49. The minimum Gasteiger partial charge on any atom is -0.493 e. The highest BCUT2D eigenvalue weighted by Gasteiger charge is 2.28. The maximum atomic E-state index is 13.6. The molecule has 0 bridgehead atoms. The number of hydrogen-bond donors (Lipinski definition) is 1. The van der Waals surface area contributed by atoms with Gasteiger partial charge in [-0.3, -0.25) is 9.10 Å². The van der Waals surface area contributed by atoms with Crippen molar-refractivity contribution in [3.8, 4) is 17.2 Å². The molecular formula is C27H32N2O6S. The molecule has 0 unspecified atom stereocenters. The third kappa shape index (κ3) is 6.48. The van der Waals surface area contributed by atoms with E-state index < -0.39 is 22.5 Å². The summed E-state index contributed by atoms with van der Waals surface area (Å²) in [6.07, 6.45) is 0. The van der Waals surface area contributed by atoms with Gasteiger partial charge in [0.2, 0.25) is 5.91 Å². The highest BCUT2D eigenvalue weighted by molar-refractivity contribution is 7.92. The first-order valence-electron chi connectivity index (χ1n) is 11.4. The average molecular weight is 513 g/mol. The number of amides is 1. The molecule has 1 N–H and O–H groups in total. The van der Waals surface area contributed by atoms with Crippen LogP contribution in [0.25, 0.3) is 0 Å². The molecule has 0 aromatic heterocycles. The summed E-state index contributed by atoms with van der Waals surface area (Å²) in [5, 5.41) is 2.74. The number of hydrogen-bond acceptors (Lipinski definition) is 6. The lowest BCUT2D eigenvalue weighted by Gasteiger charge is -2.24. The highest BCUT2D eigenvalue weighted by atomic mass is 32.2. The number of carbonyl (C=O) groups excluding carboxylic acids is 1. The van der Waals surface area contributed by atoms with Crippen LogP contribution in [0.2, 0.25) is 0 Å². The number of benzene rings is 3. The molecule has 0 aliphatic carbocycles. The molecule has 0 atom stereocenters. The number of aryl methyl sites for hydroxylation is 3. The van der Waals surface area contributed by atoms with Gasteiger partial charge in [-0.1, -0.05) is 35.4 Å². The van der Waals surface area contributed by atoms with Gasteiger partial charge in [-0.05, 0) is 56.7 Å². The maximum Gasteiger partial charge on any atom is 0.264 e. The number of ether oxygens (including phenoxy) is 3. The van der Waals surface area contributed by atoms with E-state index in [1.54, 1.807) is 24.3 Å². The van der Waals surface area contributed by atoms with E-state index in [1.807, 2.05) is 39.0 Å². The second-order valence-electron chi connectivity index (χ2n) is 8.33. The first kappa shape index (κ1) is 26.9. The zero-order valence-corrected chi connectivity index (χ0v) is 22.0. The second-order valence-corrected chi connectivity index (χ2v) is 10.2. The summed E-state index contributed by atoms with van der Waals surface area (Å²) in [5.74, 6) is 0.964. The van der Waals surface area contributed by atoms with Crippen molar-refractivity contribution < 1.29 is 27.4 Å². The van der Waals surface area contributed by atoms with Gasteiger partial charge in [-0.2, -0.15) is 0 Å². The van der Waals surface area contributed by atoms with Crippen LogP contribution in [0.15, 0.2) is 65.6 Å². The highest BCUT2D eigenvalue weighted by Crippen LogP contribution is 2.32. The topological polar surface area (TPSA) is 94.2 Å². The Morgan fingerprint density at radius 3 is 2.11 bits per heavy atom. The lowest BCUT2D eigenvalue weighted by atomic mass is 10.1. The molecule has 192 valence electrons. The van der Waals surface area contributed by atoms with Gasteiger partial charge in [0.15, 0.2) is 11.5 Å². The van der Waals surface area contributed by atoms with Gasteiger partial charge in [0.1, 0.15) is 18.9 Å². The van der Waals surface area contributed by atoms with Crippen molar-refractivity contribution in [2.75, 3.05) is 38.2 Å². The van der Waals surface area contributed by atoms with E-state index in [0.717, 1.165) is 26.7 Å². The number of nitrogens with one attached hydrogen (secondary N) is 1. The molecule has 36 heavy (non-hydrogen) atoms. The Hall–Kier alpha value is -3.72. The summed E-state index contributed by atoms with van der Waals surface area (Å²) < 4.78 is 44.6. The number of nitrogens with zero attached hydrogens (tertiary/aromatic N) is 1. The second kappa shape index (κ2) is 11.8. The Kier molecular flexibility index (Phi) is 8.82. The van der Waals surface area contributed by atoms with E-state index in [-0.39, 0.29) is 23.8 Å². The van der Waals surface area contributed by atoms with Crippen molar-refractivity contribution in [1.82, 2.24) is 5.32 Å². The number of methoxy groups -OCH3 is 2. The molecule has 3 rings (SSSR count). The van der Waals surface area contributed by atoms with Crippen LogP contribution in [0.5, 0.6) is 17.2 Å².